The van der Waals surface area contributed by atoms with Crippen LogP contribution in [0, 0.1) is 5.92 Å². The Balaban J connectivity index is 2.86. The lowest BCUT2D eigenvalue weighted by Crippen LogP contribution is -2.36. The van der Waals surface area contributed by atoms with Gasteiger partial charge in [0.1, 0.15) is 5.82 Å². The van der Waals surface area contributed by atoms with Crippen LogP contribution in [0.5, 0.6) is 0 Å². The topological polar surface area (TPSA) is 28.2 Å². The van der Waals surface area contributed by atoms with Gasteiger partial charge in [-0.3, -0.25) is 0 Å². The maximum absolute atomic E-state index is 4.62. The van der Waals surface area contributed by atoms with Crippen LogP contribution in [0.2, 0.25) is 0 Å². The Bertz CT molecular complexity index is 395. The molecule has 1 N–H and O–H groups in total. The highest BCUT2D eigenvalue weighted by Gasteiger charge is 2.15. The molecule has 1 rings (SSSR count). The summed E-state index contributed by atoms with van der Waals surface area (Å²) in [5.74, 6) is 1.83. The molecule has 0 bridgehead atoms. The number of nitrogens with one attached hydrogen (secondary N) is 1. The van der Waals surface area contributed by atoms with Gasteiger partial charge in [-0.2, -0.15) is 0 Å². The molecule has 1 atom stereocenters. The maximum atomic E-state index is 4.62. The lowest BCUT2D eigenvalue weighted by atomic mass is 10.1. The summed E-state index contributed by atoms with van der Waals surface area (Å²) in [6.45, 7) is 16.3. The highest BCUT2D eigenvalue weighted by Crippen LogP contribution is 2.19. The normalized spacial score (nSPS) is 13.3. The van der Waals surface area contributed by atoms with Crippen molar-refractivity contribution >= 4 is 5.82 Å². The fourth-order valence-corrected chi connectivity index (χ4v) is 2.08. The average molecular weight is 277 g/mol. The van der Waals surface area contributed by atoms with E-state index in [1.54, 1.807) is 0 Å². The molecule has 3 heteroatoms. The van der Waals surface area contributed by atoms with Crippen molar-refractivity contribution in [1.29, 1.82) is 0 Å². The van der Waals surface area contributed by atoms with Gasteiger partial charge >= 0.3 is 0 Å². The Morgan fingerprint density at radius 1 is 1.30 bits per heavy atom. The number of anilines is 1. The van der Waals surface area contributed by atoms with Gasteiger partial charge in [0.2, 0.25) is 0 Å². The smallest absolute Gasteiger partial charge is 0.133 e. The summed E-state index contributed by atoms with van der Waals surface area (Å²) in [4.78, 5) is 7.02. The first-order valence-corrected chi connectivity index (χ1v) is 7.81. The molecule has 114 valence electrons. The fraction of sp³-hybridized carbons (Fsp3) is 0.706. The summed E-state index contributed by atoms with van der Waals surface area (Å²) >= 11 is 0. The lowest BCUT2D eigenvalue weighted by Gasteiger charge is -2.28. The van der Waals surface area contributed by atoms with E-state index in [1.807, 2.05) is 12.3 Å². The van der Waals surface area contributed by atoms with Gasteiger partial charge in [0.15, 0.2) is 0 Å². The van der Waals surface area contributed by atoms with Crippen molar-refractivity contribution in [3.05, 3.63) is 23.9 Å². The zero-order valence-electron chi connectivity index (χ0n) is 14.0. The second-order valence-corrected chi connectivity index (χ2v) is 6.64. The van der Waals surface area contributed by atoms with E-state index in [2.05, 4.69) is 62.8 Å². The van der Waals surface area contributed by atoms with Gasteiger partial charge in [-0.05, 0) is 39.7 Å². The summed E-state index contributed by atoms with van der Waals surface area (Å²) in [5, 5.41) is 3.56. The van der Waals surface area contributed by atoms with E-state index in [-0.39, 0.29) is 5.54 Å². The zero-order chi connectivity index (χ0) is 15.2. The standard InChI is InChI=1S/C17H31N3/c1-7-14(3)13-20(8-2)16-15(10-9-11-18-16)12-19-17(4,5)6/h9-11,14,19H,7-8,12-13H2,1-6H3. The van der Waals surface area contributed by atoms with E-state index in [0.29, 0.717) is 5.92 Å². The van der Waals surface area contributed by atoms with E-state index in [4.69, 9.17) is 0 Å². The molecule has 1 aromatic heterocycles. The Labute approximate surface area is 124 Å². The number of pyridine rings is 1. The first kappa shape index (κ1) is 17.0. The van der Waals surface area contributed by atoms with Crippen LogP contribution < -0.4 is 10.2 Å². The molecule has 1 aromatic rings. The van der Waals surface area contributed by atoms with E-state index in [9.17, 15) is 0 Å². The van der Waals surface area contributed by atoms with Gasteiger partial charge in [0.25, 0.3) is 0 Å². The van der Waals surface area contributed by atoms with Gasteiger partial charge < -0.3 is 10.2 Å². The third kappa shape index (κ3) is 5.49. The van der Waals surface area contributed by atoms with Crippen LogP contribution in [0.15, 0.2) is 18.3 Å². The average Bonchev–Trinajstić information content (AvgIpc) is 2.42. The minimum absolute atomic E-state index is 0.126. The molecule has 0 amide bonds. The zero-order valence-corrected chi connectivity index (χ0v) is 14.0. The summed E-state index contributed by atoms with van der Waals surface area (Å²) in [6, 6.07) is 4.21. The van der Waals surface area contributed by atoms with Gasteiger partial charge in [-0.15, -0.1) is 0 Å². The minimum Gasteiger partial charge on any atom is -0.356 e. The first-order valence-electron chi connectivity index (χ1n) is 7.81. The molecule has 1 unspecified atom stereocenters. The molecule has 20 heavy (non-hydrogen) atoms. The molecule has 0 saturated heterocycles. The molecule has 1 heterocycles. The molecular formula is C17H31N3. The van der Waals surface area contributed by atoms with Gasteiger partial charge in [-0.1, -0.05) is 26.3 Å². The quantitative estimate of drug-likeness (QED) is 0.820. The highest BCUT2D eigenvalue weighted by atomic mass is 15.2. The van der Waals surface area contributed by atoms with Crippen LogP contribution in [-0.2, 0) is 6.54 Å². The fourth-order valence-electron chi connectivity index (χ4n) is 2.08. The Hall–Kier alpha value is -1.09. The van der Waals surface area contributed by atoms with Crippen molar-refractivity contribution in [1.82, 2.24) is 10.3 Å². The number of hydrogen-bond acceptors (Lipinski definition) is 3. The van der Waals surface area contributed by atoms with Crippen LogP contribution in [0.25, 0.3) is 0 Å². The summed E-state index contributed by atoms with van der Waals surface area (Å²) in [6.07, 6.45) is 3.11. The van der Waals surface area contributed by atoms with Gasteiger partial charge in [-0.25, -0.2) is 4.98 Å². The first-order chi connectivity index (χ1) is 9.37. The summed E-state index contributed by atoms with van der Waals surface area (Å²) < 4.78 is 0. The second kappa shape index (κ2) is 7.63. The van der Waals surface area contributed by atoms with Crippen molar-refractivity contribution in [2.24, 2.45) is 5.92 Å². The molecule has 0 aliphatic carbocycles. The Morgan fingerprint density at radius 2 is 2.00 bits per heavy atom. The highest BCUT2D eigenvalue weighted by molar-refractivity contribution is 5.46. The molecule has 0 aliphatic heterocycles. The molecule has 3 nitrogen and oxygen atoms in total. The molecule has 0 aromatic carbocycles. The summed E-state index contributed by atoms with van der Waals surface area (Å²) in [7, 11) is 0. The third-order valence-electron chi connectivity index (χ3n) is 3.59. The van der Waals surface area contributed by atoms with E-state index in [0.717, 1.165) is 25.5 Å². The molecule has 0 fully saturated rings. The second-order valence-electron chi connectivity index (χ2n) is 6.64. The monoisotopic (exact) mass is 277 g/mol. The SMILES string of the molecule is CCC(C)CN(CC)c1ncccc1CNC(C)(C)C. The van der Waals surface area contributed by atoms with Crippen LogP contribution in [0.4, 0.5) is 5.82 Å². The van der Waals surface area contributed by atoms with Crippen LogP contribution in [0.3, 0.4) is 0 Å². The Kier molecular flexibility index (Phi) is 6.47. The number of aromatic nitrogens is 1. The summed E-state index contributed by atoms with van der Waals surface area (Å²) in [5.41, 5.74) is 1.41. The van der Waals surface area contributed by atoms with Gasteiger partial charge in [0, 0.05) is 36.9 Å². The van der Waals surface area contributed by atoms with Crippen LogP contribution >= 0.6 is 0 Å². The number of hydrogen-bond donors (Lipinski definition) is 1. The minimum atomic E-state index is 0.126. The van der Waals surface area contributed by atoms with Crippen molar-refractivity contribution in [3.8, 4) is 0 Å². The molecule has 0 aliphatic rings. The number of rotatable bonds is 7. The van der Waals surface area contributed by atoms with Crippen LogP contribution in [0.1, 0.15) is 53.5 Å². The van der Waals surface area contributed by atoms with Gasteiger partial charge in [0.05, 0.1) is 0 Å². The molecule has 0 radical (unpaired) electrons. The lowest BCUT2D eigenvalue weighted by molar-refractivity contribution is 0.423. The van der Waals surface area contributed by atoms with Crippen molar-refractivity contribution < 1.29 is 0 Å². The van der Waals surface area contributed by atoms with E-state index >= 15 is 0 Å². The predicted octanol–water partition coefficient (Wildman–Crippen LogP) is 3.84. The maximum Gasteiger partial charge on any atom is 0.133 e. The van der Waals surface area contributed by atoms with E-state index in [1.165, 1.54) is 12.0 Å². The van der Waals surface area contributed by atoms with Crippen molar-refractivity contribution in [2.75, 3.05) is 18.0 Å². The van der Waals surface area contributed by atoms with Crippen LogP contribution in [-0.4, -0.2) is 23.6 Å². The molecule has 0 saturated carbocycles. The van der Waals surface area contributed by atoms with E-state index < -0.39 is 0 Å². The Morgan fingerprint density at radius 3 is 2.55 bits per heavy atom. The largest absolute Gasteiger partial charge is 0.356 e. The third-order valence-corrected chi connectivity index (χ3v) is 3.59. The molecule has 0 spiro atoms. The van der Waals surface area contributed by atoms with Crippen molar-refractivity contribution in [3.63, 3.8) is 0 Å². The predicted molar refractivity (Wildman–Crippen MR) is 88.2 cm³/mol. The van der Waals surface area contributed by atoms with Crippen molar-refractivity contribution in [2.45, 2.75) is 60.0 Å². The number of nitrogens with zero attached hydrogens (tertiary/aromatic N) is 2. The molecular weight excluding hydrogens is 246 g/mol.